The lowest BCUT2D eigenvalue weighted by Crippen LogP contribution is -2.40. The molecule has 0 radical (unpaired) electrons. The van der Waals surface area contributed by atoms with Crippen LogP contribution in [-0.4, -0.2) is 50.9 Å². The normalized spacial score (nSPS) is 21.1. The topological polar surface area (TPSA) is 46.6 Å². The van der Waals surface area contributed by atoms with E-state index in [0.717, 1.165) is 38.1 Å². The first kappa shape index (κ1) is 19.4. The van der Waals surface area contributed by atoms with Crippen molar-refractivity contribution in [1.29, 1.82) is 0 Å². The van der Waals surface area contributed by atoms with Crippen molar-refractivity contribution in [2.24, 2.45) is 5.92 Å². The van der Waals surface area contributed by atoms with Crippen LogP contribution in [-0.2, 0) is 14.6 Å². The Morgan fingerprint density at radius 2 is 1.92 bits per heavy atom. The Morgan fingerprint density at radius 1 is 1.25 bits per heavy atom. The number of benzene rings is 1. The van der Waals surface area contributed by atoms with Gasteiger partial charge in [-0.2, -0.15) is 0 Å². The molecule has 0 aromatic heterocycles. The lowest BCUT2D eigenvalue weighted by atomic mass is 9.88. The van der Waals surface area contributed by atoms with Crippen LogP contribution in [0, 0.1) is 12.8 Å². The minimum Gasteiger partial charge on any atom is -0.376 e. The molecule has 4 nitrogen and oxygen atoms in total. The molecular weight excluding hydrogens is 322 g/mol. The van der Waals surface area contributed by atoms with E-state index in [1.807, 2.05) is 19.1 Å². The fourth-order valence-corrected chi connectivity index (χ4v) is 4.66. The van der Waals surface area contributed by atoms with Gasteiger partial charge in [-0.05, 0) is 58.2 Å². The van der Waals surface area contributed by atoms with Crippen LogP contribution in [0.3, 0.4) is 0 Å². The number of rotatable bonds is 7. The first-order valence-electron chi connectivity index (χ1n) is 8.87. The van der Waals surface area contributed by atoms with Crippen LogP contribution in [0.15, 0.2) is 29.2 Å². The molecule has 1 aromatic carbocycles. The molecule has 0 unspecified atom stereocenters. The zero-order valence-corrected chi connectivity index (χ0v) is 16.2. The summed E-state index contributed by atoms with van der Waals surface area (Å²) >= 11 is 0. The van der Waals surface area contributed by atoms with Crippen molar-refractivity contribution in [1.82, 2.24) is 4.90 Å². The number of ether oxygens (including phenoxy) is 1. The van der Waals surface area contributed by atoms with Crippen LogP contribution in [0.25, 0.3) is 0 Å². The summed E-state index contributed by atoms with van der Waals surface area (Å²) in [5.41, 5.74) is 1.02. The SMILES string of the molecule is CCN(CCS(=O)(=O)c1ccc(C)cc1)C[C@H]1CCOC(C)(C)C1. The molecule has 1 saturated heterocycles. The molecule has 0 N–H and O–H groups in total. The van der Waals surface area contributed by atoms with E-state index in [2.05, 4.69) is 25.7 Å². The van der Waals surface area contributed by atoms with Crippen LogP contribution in [0.2, 0.25) is 0 Å². The van der Waals surface area contributed by atoms with Crippen molar-refractivity contribution in [2.45, 2.75) is 51.0 Å². The molecule has 0 spiro atoms. The molecule has 1 aliphatic heterocycles. The van der Waals surface area contributed by atoms with Crippen molar-refractivity contribution in [3.63, 3.8) is 0 Å². The van der Waals surface area contributed by atoms with E-state index in [-0.39, 0.29) is 11.4 Å². The highest BCUT2D eigenvalue weighted by atomic mass is 32.2. The summed E-state index contributed by atoms with van der Waals surface area (Å²) in [6.07, 6.45) is 2.10. The molecular formula is C19H31NO3S. The van der Waals surface area contributed by atoms with Gasteiger partial charge in [0, 0.05) is 19.7 Å². The third-order valence-electron chi connectivity index (χ3n) is 4.82. The molecule has 5 heteroatoms. The highest BCUT2D eigenvalue weighted by Gasteiger charge is 2.29. The summed E-state index contributed by atoms with van der Waals surface area (Å²) in [6.45, 7) is 11.6. The predicted octanol–water partition coefficient (Wildman–Crippen LogP) is 3.30. The first-order valence-corrected chi connectivity index (χ1v) is 10.5. The van der Waals surface area contributed by atoms with Crippen molar-refractivity contribution < 1.29 is 13.2 Å². The molecule has 0 aliphatic carbocycles. The van der Waals surface area contributed by atoms with Crippen LogP contribution in [0.4, 0.5) is 0 Å². The quantitative estimate of drug-likeness (QED) is 0.755. The van der Waals surface area contributed by atoms with Crippen LogP contribution in [0.5, 0.6) is 0 Å². The Balaban J connectivity index is 1.92. The van der Waals surface area contributed by atoms with Gasteiger partial charge < -0.3 is 9.64 Å². The van der Waals surface area contributed by atoms with Gasteiger partial charge in [-0.3, -0.25) is 0 Å². The number of hydrogen-bond donors (Lipinski definition) is 0. The standard InChI is InChI=1S/C19H31NO3S/c1-5-20(15-17-10-12-23-19(3,4)14-17)11-13-24(21,22)18-8-6-16(2)7-9-18/h6-9,17H,5,10-15H2,1-4H3/t17-/m0/s1. The summed E-state index contributed by atoms with van der Waals surface area (Å²) in [5, 5.41) is 0. The zero-order valence-electron chi connectivity index (χ0n) is 15.4. The second kappa shape index (κ2) is 7.98. The minimum absolute atomic E-state index is 0.0592. The van der Waals surface area contributed by atoms with Gasteiger partial charge >= 0.3 is 0 Å². The molecule has 136 valence electrons. The summed E-state index contributed by atoms with van der Waals surface area (Å²) in [6, 6.07) is 7.13. The predicted molar refractivity (Wildman–Crippen MR) is 98.1 cm³/mol. The second-order valence-electron chi connectivity index (χ2n) is 7.49. The van der Waals surface area contributed by atoms with Gasteiger partial charge in [-0.1, -0.05) is 24.6 Å². The number of sulfone groups is 1. The maximum atomic E-state index is 12.5. The largest absolute Gasteiger partial charge is 0.376 e. The van der Waals surface area contributed by atoms with Gasteiger partial charge in [-0.15, -0.1) is 0 Å². The highest BCUT2D eigenvalue weighted by Crippen LogP contribution is 2.29. The molecule has 1 aromatic rings. The van der Waals surface area contributed by atoms with Crippen LogP contribution >= 0.6 is 0 Å². The molecule has 0 amide bonds. The van der Waals surface area contributed by atoms with Gasteiger partial charge in [-0.25, -0.2) is 8.42 Å². The third kappa shape index (κ3) is 5.57. The van der Waals surface area contributed by atoms with Crippen LogP contribution < -0.4 is 0 Å². The van der Waals surface area contributed by atoms with E-state index in [4.69, 9.17) is 4.74 Å². The van der Waals surface area contributed by atoms with E-state index >= 15 is 0 Å². The Hall–Kier alpha value is -0.910. The average Bonchev–Trinajstić information content (AvgIpc) is 2.51. The van der Waals surface area contributed by atoms with E-state index in [1.165, 1.54) is 0 Å². The summed E-state index contributed by atoms with van der Waals surface area (Å²) in [5.74, 6) is 0.757. The zero-order chi connectivity index (χ0) is 17.8. The van der Waals surface area contributed by atoms with E-state index in [1.54, 1.807) is 12.1 Å². The monoisotopic (exact) mass is 353 g/mol. The van der Waals surface area contributed by atoms with Gasteiger partial charge in [0.15, 0.2) is 9.84 Å². The fourth-order valence-electron chi connectivity index (χ4n) is 3.37. The third-order valence-corrected chi connectivity index (χ3v) is 6.53. The van der Waals surface area contributed by atoms with Crippen molar-refractivity contribution in [2.75, 3.05) is 32.0 Å². The molecule has 0 bridgehead atoms. The lowest BCUT2D eigenvalue weighted by Gasteiger charge is -2.37. The molecule has 1 aliphatic rings. The summed E-state index contributed by atoms with van der Waals surface area (Å²) < 4.78 is 30.8. The maximum absolute atomic E-state index is 12.5. The van der Waals surface area contributed by atoms with E-state index in [9.17, 15) is 8.42 Å². The van der Waals surface area contributed by atoms with Gasteiger partial charge in [0.25, 0.3) is 0 Å². The number of hydrogen-bond acceptors (Lipinski definition) is 4. The number of aryl methyl sites for hydroxylation is 1. The fraction of sp³-hybridized carbons (Fsp3) is 0.684. The van der Waals surface area contributed by atoms with Crippen molar-refractivity contribution in [3.05, 3.63) is 29.8 Å². The highest BCUT2D eigenvalue weighted by molar-refractivity contribution is 7.91. The van der Waals surface area contributed by atoms with Gasteiger partial charge in [0.1, 0.15) is 0 Å². The summed E-state index contributed by atoms with van der Waals surface area (Å²) in [7, 11) is -3.21. The molecule has 24 heavy (non-hydrogen) atoms. The van der Waals surface area contributed by atoms with Gasteiger partial charge in [0.05, 0.1) is 16.2 Å². The summed E-state index contributed by atoms with van der Waals surface area (Å²) in [4.78, 5) is 2.69. The Kier molecular flexibility index (Phi) is 6.46. The smallest absolute Gasteiger partial charge is 0.179 e. The van der Waals surface area contributed by atoms with Crippen molar-refractivity contribution >= 4 is 9.84 Å². The average molecular weight is 354 g/mol. The van der Waals surface area contributed by atoms with Gasteiger partial charge in [0.2, 0.25) is 0 Å². The second-order valence-corrected chi connectivity index (χ2v) is 9.60. The van der Waals surface area contributed by atoms with Crippen LogP contribution in [0.1, 0.15) is 39.2 Å². The first-order chi connectivity index (χ1) is 11.2. The Bertz CT molecular complexity index is 623. The molecule has 1 fully saturated rings. The molecule has 1 atom stereocenters. The lowest BCUT2D eigenvalue weighted by molar-refractivity contribution is -0.0764. The van der Waals surface area contributed by atoms with E-state index < -0.39 is 9.84 Å². The Labute approximate surface area is 147 Å². The Morgan fingerprint density at radius 3 is 2.50 bits per heavy atom. The van der Waals surface area contributed by atoms with Crippen molar-refractivity contribution in [3.8, 4) is 0 Å². The molecule has 1 heterocycles. The molecule has 0 saturated carbocycles. The minimum atomic E-state index is -3.21. The molecule has 2 rings (SSSR count). The maximum Gasteiger partial charge on any atom is 0.179 e. The number of nitrogens with zero attached hydrogens (tertiary/aromatic N) is 1. The van der Waals surface area contributed by atoms with E-state index in [0.29, 0.717) is 17.4 Å².